The second kappa shape index (κ2) is 5.37. The Balaban J connectivity index is 2.02. The Bertz CT molecular complexity index is 480. The summed E-state index contributed by atoms with van der Waals surface area (Å²) >= 11 is 5.88. The zero-order valence-electron chi connectivity index (χ0n) is 9.92. The normalized spacial score (nSPS) is 19.2. The Morgan fingerprint density at radius 2 is 2.28 bits per heavy atom. The van der Waals surface area contributed by atoms with E-state index in [0.29, 0.717) is 17.3 Å². The van der Waals surface area contributed by atoms with Crippen molar-refractivity contribution in [2.24, 2.45) is 0 Å². The molecule has 3 N–H and O–H groups in total. The monoisotopic (exact) mass is 267 g/mol. The van der Waals surface area contributed by atoms with Gasteiger partial charge >= 0.3 is 0 Å². The fraction of sp³-hybridized carbons (Fsp3) is 0.333. The predicted molar refractivity (Wildman–Crippen MR) is 69.6 cm³/mol. The second-order valence-electron chi connectivity index (χ2n) is 4.19. The standard InChI is InChI=1S/C12H14ClN3O2/c1-7-2-3-8(13)4-9(7)16-12(18)10-5-15-11(17)6-14-10/h2-4,10,14H,5-6H2,1H3,(H,15,17)(H,16,18). The number of hydrogen-bond acceptors (Lipinski definition) is 3. The van der Waals surface area contributed by atoms with Gasteiger partial charge in [-0.05, 0) is 24.6 Å². The summed E-state index contributed by atoms with van der Waals surface area (Å²) in [6.07, 6.45) is 0. The zero-order valence-corrected chi connectivity index (χ0v) is 10.7. The SMILES string of the molecule is Cc1ccc(Cl)cc1NC(=O)C1CNC(=O)CN1. The lowest BCUT2D eigenvalue weighted by Crippen LogP contribution is -2.56. The third kappa shape index (κ3) is 3.00. The van der Waals surface area contributed by atoms with Crippen LogP contribution in [0, 0.1) is 6.92 Å². The summed E-state index contributed by atoms with van der Waals surface area (Å²) in [4.78, 5) is 22.9. The maximum atomic E-state index is 12.0. The molecule has 0 aliphatic carbocycles. The molecule has 0 radical (unpaired) electrons. The number of nitrogens with one attached hydrogen (secondary N) is 3. The molecule has 1 heterocycles. The number of benzene rings is 1. The molecule has 1 saturated heterocycles. The topological polar surface area (TPSA) is 70.2 Å². The third-order valence-electron chi connectivity index (χ3n) is 2.79. The molecule has 0 aromatic heterocycles. The van der Waals surface area contributed by atoms with Crippen molar-refractivity contribution < 1.29 is 9.59 Å². The first kappa shape index (κ1) is 12.9. The van der Waals surface area contributed by atoms with Crippen LogP contribution in [-0.2, 0) is 9.59 Å². The van der Waals surface area contributed by atoms with Crippen LogP contribution in [0.15, 0.2) is 18.2 Å². The van der Waals surface area contributed by atoms with Crippen molar-refractivity contribution in [2.75, 3.05) is 18.4 Å². The van der Waals surface area contributed by atoms with Gasteiger partial charge < -0.3 is 10.6 Å². The largest absolute Gasteiger partial charge is 0.353 e. The molecular weight excluding hydrogens is 254 g/mol. The van der Waals surface area contributed by atoms with Crippen LogP contribution in [0.2, 0.25) is 5.02 Å². The number of halogens is 1. The van der Waals surface area contributed by atoms with E-state index >= 15 is 0 Å². The van der Waals surface area contributed by atoms with Crippen molar-refractivity contribution in [1.29, 1.82) is 0 Å². The Labute approximate surface area is 110 Å². The number of aryl methyl sites for hydroxylation is 1. The lowest BCUT2D eigenvalue weighted by Gasteiger charge is -2.23. The number of amides is 2. The van der Waals surface area contributed by atoms with E-state index < -0.39 is 6.04 Å². The van der Waals surface area contributed by atoms with Gasteiger partial charge in [-0.2, -0.15) is 0 Å². The fourth-order valence-electron chi connectivity index (χ4n) is 1.70. The van der Waals surface area contributed by atoms with Crippen molar-refractivity contribution in [3.63, 3.8) is 0 Å². The smallest absolute Gasteiger partial charge is 0.243 e. The van der Waals surface area contributed by atoms with Crippen LogP contribution in [0.1, 0.15) is 5.56 Å². The minimum absolute atomic E-state index is 0.0991. The summed E-state index contributed by atoms with van der Waals surface area (Å²) in [6.45, 7) is 2.35. The third-order valence-corrected chi connectivity index (χ3v) is 3.02. The fourth-order valence-corrected chi connectivity index (χ4v) is 1.87. The number of piperazine rings is 1. The van der Waals surface area contributed by atoms with Crippen molar-refractivity contribution in [2.45, 2.75) is 13.0 Å². The molecule has 1 aromatic carbocycles. The van der Waals surface area contributed by atoms with Gasteiger partial charge in [-0.1, -0.05) is 17.7 Å². The van der Waals surface area contributed by atoms with E-state index in [-0.39, 0.29) is 18.4 Å². The maximum absolute atomic E-state index is 12.0. The average molecular weight is 268 g/mol. The van der Waals surface area contributed by atoms with Gasteiger partial charge in [0, 0.05) is 17.3 Å². The molecule has 0 saturated carbocycles. The van der Waals surface area contributed by atoms with Crippen LogP contribution in [0.5, 0.6) is 0 Å². The van der Waals surface area contributed by atoms with Gasteiger partial charge in [0.05, 0.1) is 6.54 Å². The highest BCUT2D eigenvalue weighted by Gasteiger charge is 2.23. The number of rotatable bonds is 2. The Morgan fingerprint density at radius 3 is 2.94 bits per heavy atom. The summed E-state index contributed by atoms with van der Waals surface area (Å²) in [5.41, 5.74) is 1.62. The highest BCUT2D eigenvalue weighted by molar-refractivity contribution is 6.31. The van der Waals surface area contributed by atoms with E-state index in [2.05, 4.69) is 16.0 Å². The van der Waals surface area contributed by atoms with Crippen LogP contribution < -0.4 is 16.0 Å². The molecule has 96 valence electrons. The van der Waals surface area contributed by atoms with E-state index in [1.807, 2.05) is 13.0 Å². The molecule has 1 aliphatic rings. The maximum Gasteiger partial charge on any atom is 0.243 e. The van der Waals surface area contributed by atoms with Crippen LogP contribution in [0.4, 0.5) is 5.69 Å². The molecule has 1 aromatic rings. The van der Waals surface area contributed by atoms with Crippen molar-refractivity contribution in [3.8, 4) is 0 Å². The molecule has 1 aliphatic heterocycles. The number of anilines is 1. The van der Waals surface area contributed by atoms with E-state index in [1.165, 1.54) is 0 Å². The summed E-state index contributed by atoms with van der Waals surface area (Å²) in [5, 5.41) is 8.87. The lowest BCUT2D eigenvalue weighted by atomic mass is 10.1. The van der Waals surface area contributed by atoms with E-state index in [1.54, 1.807) is 12.1 Å². The van der Waals surface area contributed by atoms with Gasteiger partial charge in [-0.3, -0.25) is 14.9 Å². The molecule has 0 spiro atoms. The second-order valence-corrected chi connectivity index (χ2v) is 4.62. The minimum Gasteiger partial charge on any atom is -0.353 e. The van der Waals surface area contributed by atoms with Gasteiger partial charge in [-0.25, -0.2) is 0 Å². The van der Waals surface area contributed by atoms with Crippen LogP contribution in [0.3, 0.4) is 0 Å². The highest BCUT2D eigenvalue weighted by atomic mass is 35.5. The molecule has 2 rings (SSSR count). The van der Waals surface area contributed by atoms with E-state index in [4.69, 9.17) is 11.6 Å². The summed E-state index contributed by atoms with van der Waals surface area (Å²) in [6, 6.07) is 4.90. The van der Waals surface area contributed by atoms with E-state index in [0.717, 1.165) is 5.56 Å². The predicted octanol–water partition coefficient (Wildman–Crippen LogP) is 0.675. The van der Waals surface area contributed by atoms with Crippen LogP contribution in [0.25, 0.3) is 0 Å². The molecule has 18 heavy (non-hydrogen) atoms. The summed E-state index contributed by atoms with van der Waals surface area (Å²) in [7, 11) is 0. The first-order chi connectivity index (χ1) is 8.56. The Kier molecular flexibility index (Phi) is 3.84. The van der Waals surface area contributed by atoms with Gasteiger partial charge in [0.2, 0.25) is 11.8 Å². The molecule has 5 nitrogen and oxygen atoms in total. The van der Waals surface area contributed by atoms with Gasteiger partial charge in [0.15, 0.2) is 0 Å². The number of hydrogen-bond donors (Lipinski definition) is 3. The molecule has 0 bridgehead atoms. The van der Waals surface area contributed by atoms with E-state index in [9.17, 15) is 9.59 Å². The molecule has 1 fully saturated rings. The van der Waals surface area contributed by atoms with Gasteiger partial charge in [-0.15, -0.1) is 0 Å². The first-order valence-electron chi connectivity index (χ1n) is 5.63. The van der Waals surface area contributed by atoms with Gasteiger partial charge in [0.1, 0.15) is 6.04 Å². The van der Waals surface area contributed by atoms with Gasteiger partial charge in [0.25, 0.3) is 0 Å². The quantitative estimate of drug-likeness (QED) is 0.738. The average Bonchev–Trinajstić information content (AvgIpc) is 2.34. The molecule has 6 heteroatoms. The molecule has 1 atom stereocenters. The van der Waals surface area contributed by atoms with Crippen LogP contribution in [-0.4, -0.2) is 30.9 Å². The van der Waals surface area contributed by atoms with Crippen molar-refractivity contribution in [1.82, 2.24) is 10.6 Å². The summed E-state index contributed by atoms with van der Waals surface area (Å²) in [5.74, 6) is -0.279. The minimum atomic E-state index is -0.416. The Hall–Kier alpha value is -1.59. The first-order valence-corrected chi connectivity index (χ1v) is 6.01. The lowest BCUT2D eigenvalue weighted by molar-refractivity contribution is -0.124. The van der Waals surface area contributed by atoms with Crippen molar-refractivity contribution >= 4 is 29.1 Å². The number of carbonyl (C=O) groups is 2. The zero-order chi connectivity index (χ0) is 13.1. The molecule has 2 amide bonds. The summed E-state index contributed by atoms with van der Waals surface area (Å²) < 4.78 is 0. The molecular formula is C12H14ClN3O2. The van der Waals surface area contributed by atoms with Crippen molar-refractivity contribution in [3.05, 3.63) is 28.8 Å². The number of carbonyl (C=O) groups excluding carboxylic acids is 2. The Morgan fingerprint density at radius 1 is 1.50 bits per heavy atom. The van der Waals surface area contributed by atoms with Crippen LogP contribution >= 0.6 is 11.6 Å². The molecule has 1 unspecified atom stereocenters. The highest BCUT2D eigenvalue weighted by Crippen LogP contribution is 2.20.